The van der Waals surface area contributed by atoms with Crippen molar-refractivity contribution in [2.24, 2.45) is 0 Å². The van der Waals surface area contributed by atoms with E-state index in [1.54, 1.807) is 4.52 Å². The number of fused-ring (bicyclic) bond motifs is 1. The first-order valence-corrected chi connectivity index (χ1v) is 6.40. The molecule has 2 heterocycles. The number of halogens is 1. The molecule has 0 fully saturated rings. The van der Waals surface area contributed by atoms with Crippen LogP contribution in [0.1, 0.15) is 11.1 Å². The summed E-state index contributed by atoms with van der Waals surface area (Å²) in [6.45, 7) is 2.64. The highest BCUT2D eigenvalue weighted by Gasteiger charge is 2.04. The van der Waals surface area contributed by atoms with Crippen LogP contribution in [0.25, 0.3) is 5.65 Å². The molecule has 0 aliphatic heterocycles. The summed E-state index contributed by atoms with van der Waals surface area (Å²) < 4.78 is 1.75. The van der Waals surface area contributed by atoms with Crippen LogP contribution in [0, 0.1) is 6.92 Å². The lowest BCUT2D eigenvalue weighted by molar-refractivity contribution is 0.947. The normalized spacial score (nSPS) is 10.8. The van der Waals surface area contributed by atoms with Gasteiger partial charge in [-0.15, -0.1) is 5.10 Å². The fourth-order valence-electron chi connectivity index (χ4n) is 1.87. The zero-order valence-corrected chi connectivity index (χ0v) is 11.2. The first-order valence-electron chi connectivity index (χ1n) is 6.03. The van der Waals surface area contributed by atoms with Gasteiger partial charge in [0.15, 0.2) is 5.65 Å². The predicted octanol–water partition coefficient (Wildman–Crippen LogP) is 3.30. The maximum absolute atomic E-state index is 6.10. The summed E-state index contributed by atoms with van der Waals surface area (Å²) in [6, 6.07) is 11.7. The Morgan fingerprint density at radius 2 is 2.11 bits per heavy atom. The molecule has 0 aliphatic carbocycles. The van der Waals surface area contributed by atoms with Crippen molar-refractivity contribution < 1.29 is 0 Å². The molecule has 0 saturated heterocycles. The van der Waals surface area contributed by atoms with E-state index >= 15 is 0 Å². The van der Waals surface area contributed by atoms with Gasteiger partial charge in [-0.3, -0.25) is 0 Å². The molecular weight excluding hydrogens is 260 g/mol. The van der Waals surface area contributed by atoms with Crippen LogP contribution in [0.2, 0.25) is 5.02 Å². The summed E-state index contributed by atoms with van der Waals surface area (Å²) in [7, 11) is 0. The Morgan fingerprint density at radius 3 is 2.95 bits per heavy atom. The Hall–Kier alpha value is -2.07. The van der Waals surface area contributed by atoms with Crippen molar-refractivity contribution in [3.63, 3.8) is 0 Å². The topological polar surface area (TPSA) is 42.2 Å². The zero-order valence-electron chi connectivity index (χ0n) is 10.5. The maximum atomic E-state index is 6.10. The molecule has 1 aromatic carbocycles. The molecule has 0 unspecified atom stereocenters. The second kappa shape index (κ2) is 4.90. The van der Waals surface area contributed by atoms with Gasteiger partial charge in [-0.25, -0.2) is 4.52 Å². The fourth-order valence-corrected chi connectivity index (χ4v) is 2.08. The minimum atomic E-state index is 0.602. The molecule has 0 radical (unpaired) electrons. The van der Waals surface area contributed by atoms with Gasteiger partial charge < -0.3 is 5.32 Å². The smallest absolute Gasteiger partial charge is 0.243 e. The lowest BCUT2D eigenvalue weighted by atomic mass is 10.2. The van der Waals surface area contributed by atoms with Gasteiger partial charge in [0.2, 0.25) is 5.95 Å². The minimum absolute atomic E-state index is 0.602. The number of aromatic nitrogens is 3. The number of benzene rings is 1. The van der Waals surface area contributed by atoms with Gasteiger partial charge in [-0.1, -0.05) is 29.8 Å². The third kappa shape index (κ3) is 2.53. The molecule has 3 rings (SSSR count). The van der Waals surface area contributed by atoms with Crippen LogP contribution in [0.15, 0.2) is 42.6 Å². The molecule has 0 amide bonds. The number of hydrogen-bond acceptors (Lipinski definition) is 3. The van der Waals surface area contributed by atoms with Crippen LogP contribution in [0.5, 0.6) is 0 Å². The van der Waals surface area contributed by atoms with Gasteiger partial charge >= 0.3 is 0 Å². The van der Waals surface area contributed by atoms with Crippen molar-refractivity contribution >= 4 is 23.2 Å². The lowest BCUT2D eigenvalue weighted by Crippen LogP contribution is -2.01. The molecule has 0 aliphatic rings. The Balaban J connectivity index is 1.80. The van der Waals surface area contributed by atoms with E-state index in [2.05, 4.69) is 15.4 Å². The second-order valence-corrected chi connectivity index (χ2v) is 4.79. The molecule has 19 heavy (non-hydrogen) atoms. The van der Waals surface area contributed by atoms with E-state index < -0.39 is 0 Å². The van der Waals surface area contributed by atoms with Crippen LogP contribution in [0.4, 0.5) is 5.95 Å². The maximum Gasteiger partial charge on any atom is 0.243 e. The predicted molar refractivity (Wildman–Crippen MR) is 76.5 cm³/mol. The number of nitrogens with zero attached hydrogens (tertiary/aromatic N) is 3. The van der Waals surface area contributed by atoms with Crippen LogP contribution in [0.3, 0.4) is 0 Å². The molecule has 0 atom stereocenters. The monoisotopic (exact) mass is 272 g/mol. The van der Waals surface area contributed by atoms with E-state index in [4.69, 9.17) is 11.6 Å². The Labute approximate surface area is 116 Å². The van der Waals surface area contributed by atoms with Crippen molar-refractivity contribution in [1.82, 2.24) is 14.6 Å². The van der Waals surface area contributed by atoms with E-state index in [1.165, 1.54) is 0 Å². The molecule has 0 saturated carbocycles. The number of hydrogen-bond donors (Lipinski definition) is 1. The fraction of sp³-hybridized carbons (Fsp3) is 0.143. The number of nitrogens with one attached hydrogen (secondary N) is 1. The van der Waals surface area contributed by atoms with Gasteiger partial charge in [0.05, 0.1) is 0 Å². The first kappa shape index (κ1) is 12.0. The number of aryl methyl sites for hydroxylation is 1. The van der Waals surface area contributed by atoms with Crippen LogP contribution in [-0.2, 0) is 6.54 Å². The van der Waals surface area contributed by atoms with Crippen molar-refractivity contribution in [3.05, 3.63) is 58.7 Å². The largest absolute Gasteiger partial charge is 0.349 e. The summed E-state index contributed by atoms with van der Waals surface area (Å²) in [6.07, 6.45) is 1.90. The van der Waals surface area contributed by atoms with Crippen molar-refractivity contribution in [2.75, 3.05) is 5.32 Å². The molecule has 96 valence electrons. The van der Waals surface area contributed by atoms with E-state index in [-0.39, 0.29) is 0 Å². The Kier molecular flexibility index (Phi) is 3.09. The molecular formula is C14H13ClN4. The number of rotatable bonds is 3. The van der Waals surface area contributed by atoms with Gasteiger partial charge in [0.25, 0.3) is 0 Å². The van der Waals surface area contributed by atoms with Gasteiger partial charge in [0, 0.05) is 17.8 Å². The zero-order chi connectivity index (χ0) is 13.2. The highest BCUT2D eigenvalue weighted by atomic mass is 35.5. The van der Waals surface area contributed by atoms with Crippen LogP contribution in [-0.4, -0.2) is 14.6 Å². The third-order valence-electron chi connectivity index (χ3n) is 2.89. The van der Waals surface area contributed by atoms with E-state index in [9.17, 15) is 0 Å². The Morgan fingerprint density at radius 1 is 1.26 bits per heavy atom. The van der Waals surface area contributed by atoms with Gasteiger partial charge in [0.1, 0.15) is 0 Å². The molecule has 0 bridgehead atoms. The van der Waals surface area contributed by atoms with E-state index in [0.29, 0.717) is 12.5 Å². The lowest BCUT2D eigenvalue weighted by Gasteiger charge is -2.03. The summed E-state index contributed by atoms with van der Waals surface area (Å²) >= 11 is 6.10. The quantitative estimate of drug-likeness (QED) is 0.795. The Bertz CT molecular complexity index is 720. The molecule has 3 aromatic rings. The van der Waals surface area contributed by atoms with Crippen LogP contribution >= 0.6 is 11.6 Å². The number of pyridine rings is 1. The second-order valence-electron chi connectivity index (χ2n) is 4.39. The van der Waals surface area contributed by atoms with E-state index in [1.807, 2.05) is 49.5 Å². The van der Waals surface area contributed by atoms with Crippen molar-refractivity contribution in [2.45, 2.75) is 13.5 Å². The highest BCUT2D eigenvalue weighted by molar-refractivity contribution is 6.31. The average molecular weight is 273 g/mol. The van der Waals surface area contributed by atoms with Gasteiger partial charge in [-0.05, 0) is 36.2 Å². The summed E-state index contributed by atoms with van der Waals surface area (Å²) in [4.78, 5) is 4.42. The van der Waals surface area contributed by atoms with Crippen LogP contribution < -0.4 is 5.32 Å². The summed E-state index contributed by atoms with van der Waals surface area (Å²) in [5.41, 5.74) is 3.03. The highest BCUT2D eigenvalue weighted by Crippen LogP contribution is 2.16. The molecule has 4 nitrogen and oxygen atoms in total. The molecule has 0 spiro atoms. The van der Waals surface area contributed by atoms with E-state index in [0.717, 1.165) is 21.8 Å². The molecule has 1 N–H and O–H groups in total. The first-order chi connectivity index (χ1) is 9.22. The molecule has 2 aromatic heterocycles. The van der Waals surface area contributed by atoms with Crippen molar-refractivity contribution in [3.8, 4) is 0 Å². The SMILES string of the molecule is Cc1ccn2nc(NCc3ccccc3Cl)nc2c1. The summed E-state index contributed by atoms with van der Waals surface area (Å²) in [5.74, 6) is 0.602. The minimum Gasteiger partial charge on any atom is -0.349 e. The molecule has 5 heteroatoms. The summed E-state index contributed by atoms with van der Waals surface area (Å²) in [5, 5.41) is 8.28. The number of anilines is 1. The average Bonchev–Trinajstić information content (AvgIpc) is 2.79. The standard InChI is InChI=1S/C14H13ClN4/c1-10-6-7-19-13(8-10)17-14(18-19)16-9-11-4-2-3-5-12(11)15/h2-8H,9H2,1H3,(H,16,18). The van der Waals surface area contributed by atoms with Crippen molar-refractivity contribution in [1.29, 1.82) is 0 Å². The third-order valence-corrected chi connectivity index (χ3v) is 3.26. The van der Waals surface area contributed by atoms with Gasteiger partial charge in [-0.2, -0.15) is 4.98 Å².